The number of nitrogens with zero attached hydrogens (tertiary/aromatic N) is 2. The fourth-order valence-electron chi connectivity index (χ4n) is 1.94. The van der Waals surface area contributed by atoms with Crippen molar-refractivity contribution >= 4 is 31.9 Å². The Bertz CT molecular complexity index is 613. The van der Waals surface area contributed by atoms with Crippen molar-refractivity contribution in [2.45, 2.75) is 25.3 Å². The molecule has 2 rings (SSSR count). The molecule has 0 unspecified atom stereocenters. The Balaban J connectivity index is 2.23. The van der Waals surface area contributed by atoms with Gasteiger partial charge in [0.25, 0.3) is 0 Å². The van der Waals surface area contributed by atoms with Crippen molar-refractivity contribution < 1.29 is 9.13 Å². The molecule has 0 atom stereocenters. The Morgan fingerprint density at radius 2 is 2.15 bits per heavy atom. The molecule has 0 aliphatic heterocycles. The zero-order chi connectivity index (χ0) is 14.7. The van der Waals surface area contributed by atoms with Crippen molar-refractivity contribution in [3.63, 3.8) is 0 Å². The summed E-state index contributed by atoms with van der Waals surface area (Å²) < 4.78 is 22.2. The third-order valence-electron chi connectivity index (χ3n) is 3.05. The number of halogens is 3. The summed E-state index contributed by atoms with van der Waals surface area (Å²) in [6.45, 7) is 2.31. The van der Waals surface area contributed by atoms with Crippen LogP contribution in [0.25, 0.3) is 0 Å². The second-order valence-electron chi connectivity index (χ2n) is 4.33. The topological polar surface area (TPSA) is 27.1 Å². The molecule has 1 aromatic carbocycles. The molecule has 108 valence electrons. The van der Waals surface area contributed by atoms with Crippen LogP contribution >= 0.6 is 31.9 Å². The summed E-state index contributed by atoms with van der Waals surface area (Å²) in [7, 11) is 1.86. The van der Waals surface area contributed by atoms with Gasteiger partial charge in [0.15, 0.2) is 11.6 Å². The van der Waals surface area contributed by atoms with E-state index in [9.17, 15) is 4.39 Å². The van der Waals surface area contributed by atoms with Gasteiger partial charge in [0.1, 0.15) is 6.61 Å². The van der Waals surface area contributed by atoms with Crippen LogP contribution in [0, 0.1) is 5.82 Å². The van der Waals surface area contributed by atoms with Gasteiger partial charge in [-0.05, 0) is 28.4 Å². The van der Waals surface area contributed by atoms with Gasteiger partial charge in [-0.15, -0.1) is 0 Å². The molecular weight excluding hydrogens is 391 g/mol. The molecule has 0 N–H and O–H groups in total. The number of aromatic nitrogens is 2. The molecule has 1 heterocycles. The molecule has 0 aliphatic rings. The maximum Gasteiger partial charge on any atom is 0.165 e. The van der Waals surface area contributed by atoms with Gasteiger partial charge < -0.3 is 4.74 Å². The fourth-order valence-corrected chi connectivity index (χ4v) is 3.11. The highest BCUT2D eigenvalue weighted by atomic mass is 79.9. The zero-order valence-electron chi connectivity index (χ0n) is 11.3. The van der Waals surface area contributed by atoms with Crippen LogP contribution in [0.15, 0.2) is 22.7 Å². The van der Waals surface area contributed by atoms with Crippen LogP contribution < -0.4 is 4.74 Å². The normalized spacial score (nSPS) is 10.8. The summed E-state index contributed by atoms with van der Waals surface area (Å²) in [4.78, 5) is 0. The van der Waals surface area contributed by atoms with Crippen molar-refractivity contribution in [2.24, 2.45) is 7.05 Å². The maximum absolute atomic E-state index is 13.8. The molecule has 0 bridgehead atoms. The molecule has 0 saturated carbocycles. The third-order valence-corrected chi connectivity index (χ3v) is 4.57. The Labute approximate surface area is 134 Å². The van der Waals surface area contributed by atoms with E-state index in [2.05, 4.69) is 37.0 Å². The summed E-state index contributed by atoms with van der Waals surface area (Å²) in [5, 5.41) is 4.94. The Kier molecular flexibility index (Phi) is 5.21. The van der Waals surface area contributed by atoms with E-state index >= 15 is 0 Å². The SMILES string of the molecule is CCc1nn(C)c(COc2c(F)cccc2CBr)c1Br. The van der Waals surface area contributed by atoms with Crippen LogP contribution in [-0.4, -0.2) is 9.78 Å². The lowest BCUT2D eigenvalue weighted by Crippen LogP contribution is -2.05. The highest BCUT2D eigenvalue weighted by molar-refractivity contribution is 9.10. The van der Waals surface area contributed by atoms with E-state index < -0.39 is 0 Å². The molecule has 0 fully saturated rings. The van der Waals surface area contributed by atoms with Crippen LogP contribution in [-0.2, 0) is 25.4 Å². The average molecular weight is 406 g/mol. The molecule has 2 aromatic rings. The van der Waals surface area contributed by atoms with Crippen molar-refractivity contribution in [3.05, 3.63) is 45.4 Å². The van der Waals surface area contributed by atoms with Crippen LogP contribution in [0.5, 0.6) is 5.75 Å². The number of hydrogen-bond donors (Lipinski definition) is 0. The highest BCUT2D eigenvalue weighted by Crippen LogP contribution is 2.28. The molecule has 20 heavy (non-hydrogen) atoms. The van der Waals surface area contributed by atoms with Crippen LogP contribution in [0.1, 0.15) is 23.9 Å². The van der Waals surface area contributed by atoms with Crippen molar-refractivity contribution in [3.8, 4) is 5.75 Å². The van der Waals surface area contributed by atoms with Crippen LogP contribution in [0.3, 0.4) is 0 Å². The zero-order valence-corrected chi connectivity index (χ0v) is 14.5. The lowest BCUT2D eigenvalue weighted by molar-refractivity contribution is 0.277. The molecule has 0 saturated heterocycles. The number of rotatable bonds is 5. The second kappa shape index (κ2) is 6.72. The lowest BCUT2D eigenvalue weighted by Gasteiger charge is -2.11. The van der Waals surface area contributed by atoms with E-state index in [-0.39, 0.29) is 18.2 Å². The summed E-state index contributed by atoms with van der Waals surface area (Å²) in [5.74, 6) is -0.0634. The minimum absolute atomic E-state index is 0.269. The lowest BCUT2D eigenvalue weighted by atomic mass is 10.2. The van der Waals surface area contributed by atoms with Crippen LogP contribution in [0.2, 0.25) is 0 Å². The first-order valence-corrected chi connectivity index (χ1v) is 8.16. The number of hydrogen-bond acceptors (Lipinski definition) is 2. The van der Waals surface area contributed by atoms with Gasteiger partial charge in [-0.25, -0.2) is 4.39 Å². The molecule has 0 spiro atoms. The molecule has 0 aliphatic carbocycles. The Hall–Kier alpha value is -0.880. The predicted molar refractivity (Wildman–Crippen MR) is 83.6 cm³/mol. The van der Waals surface area contributed by atoms with E-state index in [1.54, 1.807) is 10.7 Å². The number of ether oxygens (including phenoxy) is 1. The van der Waals surface area contributed by atoms with E-state index in [0.717, 1.165) is 27.8 Å². The van der Waals surface area contributed by atoms with Crippen LogP contribution in [0.4, 0.5) is 4.39 Å². The molecule has 3 nitrogen and oxygen atoms in total. The first-order chi connectivity index (χ1) is 9.58. The van der Waals surface area contributed by atoms with Crippen molar-refractivity contribution in [2.75, 3.05) is 0 Å². The van der Waals surface area contributed by atoms with Crippen molar-refractivity contribution in [1.29, 1.82) is 0 Å². The monoisotopic (exact) mass is 404 g/mol. The molecule has 0 radical (unpaired) electrons. The highest BCUT2D eigenvalue weighted by Gasteiger charge is 2.15. The summed E-state index contributed by atoms with van der Waals surface area (Å²) >= 11 is 6.86. The summed E-state index contributed by atoms with van der Waals surface area (Å²) in [5.41, 5.74) is 2.66. The van der Waals surface area contributed by atoms with E-state index in [1.165, 1.54) is 6.07 Å². The number of benzene rings is 1. The number of alkyl halides is 1. The third kappa shape index (κ3) is 3.06. The smallest absolute Gasteiger partial charge is 0.165 e. The van der Waals surface area contributed by atoms with Gasteiger partial charge in [-0.1, -0.05) is 35.0 Å². The minimum Gasteiger partial charge on any atom is -0.484 e. The summed E-state index contributed by atoms with van der Waals surface area (Å²) in [6, 6.07) is 4.91. The van der Waals surface area contributed by atoms with Crippen molar-refractivity contribution in [1.82, 2.24) is 9.78 Å². The van der Waals surface area contributed by atoms with E-state index in [1.807, 2.05) is 20.0 Å². The van der Waals surface area contributed by atoms with E-state index in [0.29, 0.717) is 5.33 Å². The van der Waals surface area contributed by atoms with Gasteiger partial charge in [-0.2, -0.15) is 5.10 Å². The second-order valence-corrected chi connectivity index (χ2v) is 5.69. The average Bonchev–Trinajstić information content (AvgIpc) is 2.72. The van der Waals surface area contributed by atoms with E-state index in [4.69, 9.17) is 4.74 Å². The van der Waals surface area contributed by atoms with Gasteiger partial charge in [-0.3, -0.25) is 4.68 Å². The Morgan fingerprint density at radius 3 is 2.75 bits per heavy atom. The first-order valence-electron chi connectivity index (χ1n) is 6.24. The number of aryl methyl sites for hydroxylation is 2. The quantitative estimate of drug-likeness (QED) is 0.691. The standard InChI is InChI=1S/C14H15Br2FN2O/c1-3-11-13(16)12(19(2)18-11)8-20-14-9(7-15)5-4-6-10(14)17/h4-6H,3,7-8H2,1-2H3. The first kappa shape index (κ1) is 15.5. The fraction of sp³-hybridized carbons (Fsp3) is 0.357. The largest absolute Gasteiger partial charge is 0.484 e. The number of para-hydroxylation sites is 1. The van der Waals surface area contributed by atoms with Gasteiger partial charge in [0.05, 0.1) is 15.9 Å². The predicted octanol–water partition coefficient (Wildman–Crippen LogP) is 4.36. The molecular formula is C14H15Br2FN2O. The molecule has 0 amide bonds. The maximum atomic E-state index is 13.8. The van der Waals surface area contributed by atoms with Gasteiger partial charge in [0, 0.05) is 17.9 Å². The molecule has 1 aromatic heterocycles. The van der Waals surface area contributed by atoms with Gasteiger partial charge >= 0.3 is 0 Å². The minimum atomic E-state index is -0.351. The van der Waals surface area contributed by atoms with Gasteiger partial charge in [0.2, 0.25) is 0 Å². The Morgan fingerprint density at radius 1 is 1.40 bits per heavy atom. The molecule has 6 heteroatoms. The summed E-state index contributed by atoms with van der Waals surface area (Å²) in [6.07, 6.45) is 0.834.